The molecule has 0 fully saturated rings. The maximum absolute atomic E-state index is 12.1. The van der Waals surface area contributed by atoms with Crippen molar-refractivity contribution in [1.82, 2.24) is 19.9 Å². The van der Waals surface area contributed by atoms with Crippen molar-refractivity contribution in [2.45, 2.75) is 26.9 Å². The van der Waals surface area contributed by atoms with Crippen LogP contribution in [0.2, 0.25) is 0 Å². The normalized spacial score (nSPS) is 10.6. The zero-order valence-corrected chi connectivity index (χ0v) is 12.0. The highest BCUT2D eigenvalue weighted by Crippen LogP contribution is 2.09. The van der Waals surface area contributed by atoms with Crippen molar-refractivity contribution in [3.05, 3.63) is 35.0 Å². The minimum atomic E-state index is -1.16. The van der Waals surface area contributed by atoms with Gasteiger partial charge in [0.2, 0.25) is 5.91 Å². The van der Waals surface area contributed by atoms with E-state index in [0.717, 1.165) is 5.76 Å². The third-order valence-corrected chi connectivity index (χ3v) is 3.08. The first-order valence-electron chi connectivity index (χ1n) is 6.31. The molecule has 0 spiro atoms. The summed E-state index contributed by atoms with van der Waals surface area (Å²) in [5.41, 5.74) is 0.199. The first-order valence-corrected chi connectivity index (χ1v) is 6.31. The van der Waals surface area contributed by atoms with E-state index in [1.54, 1.807) is 14.0 Å². The Morgan fingerprint density at radius 1 is 1.38 bits per heavy atom. The fourth-order valence-corrected chi connectivity index (χ4v) is 1.85. The molecule has 21 heavy (non-hydrogen) atoms. The molecular weight excluding hydrogens is 276 g/mol. The SMILES string of the molecule is Cc1ccc(CN(C)C(=O)Cn2nnc(C(=O)O)c2C)o1. The Bertz CT molecular complexity index is 674. The van der Waals surface area contributed by atoms with Crippen LogP contribution >= 0.6 is 0 Å². The molecule has 8 heteroatoms. The summed E-state index contributed by atoms with van der Waals surface area (Å²) in [5.74, 6) is 0.0913. The third kappa shape index (κ3) is 3.28. The second-order valence-corrected chi connectivity index (χ2v) is 4.75. The summed E-state index contributed by atoms with van der Waals surface area (Å²) in [6.45, 7) is 3.67. The Morgan fingerprint density at radius 2 is 2.10 bits per heavy atom. The fraction of sp³-hybridized carbons (Fsp3) is 0.385. The van der Waals surface area contributed by atoms with Gasteiger partial charge in [0.15, 0.2) is 5.69 Å². The van der Waals surface area contributed by atoms with Crippen molar-refractivity contribution in [2.75, 3.05) is 7.05 Å². The summed E-state index contributed by atoms with van der Waals surface area (Å²) in [5, 5.41) is 16.1. The number of rotatable bonds is 5. The number of hydrogen-bond acceptors (Lipinski definition) is 5. The number of furan rings is 1. The molecule has 2 aromatic heterocycles. The van der Waals surface area contributed by atoms with Crippen LogP contribution in [0.25, 0.3) is 0 Å². The molecule has 0 aliphatic heterocycles. The zero-order chi connectivity index (χ0) is 15.6. The molecule has 112 valence electrons. The van der Waals surface area contributed by atoms with Crippen LogP contribution < -0.4 is 0 Å². The van der Waals surface area contributed by atoms with Gasteiger partial charge in [-0.3, -0.25) is 4.79 Å². The Hall–Kier alpha value is -2.64. The van der Waals surface area contributed by atoms with Crippen LogP contribution in [0.3, 0.4) is 0 Å². The van der Waals surface area contributed by atoms with Crippen LogP contribution in [0.5, 0.6) is 0 Å². The Labute approximate surface area is 121 Å². The standard InChI is InChI=1S/C13H16N4O4/c1-8-4-5-10(21-8)6-16(3)11(18)7-17-9(2)12(13(19)20)14-15-17/h4-5H,6-7H2,1-3H3,(H,19,20). The van der Waals surface area contributed by atoms with E-state index in [4.69, 9.17) is 9.52 Å². The molecule has 0 unspecified atom stereocenters. The highest BCUT2D eigenvalue weighted by molar-refractivity contribution is 5.86. The predicted molar refractivity (Wildman–Crippen MR) is 71.6 cm³/mol. The van der Waals surface area contributed by atoms with Gasteiger partial charge in [-0.05, 0) is 26.0 Å². The Kier molecular flexibility index (Phi) is 4.06. The number of hydrogen-bond donors (Lipinski definition) is 1. The van der Waals surface area contributed by atoms with E-state index in [9.17, 15) is 9.59 Å². The minimum Gasteiger partial charge on any atom is -0.476 e. The van der Waals surface area contributed by atoms with E-state index in [-0.39, 0.29) is 18.1 Å². The number of aromatic carboxylic acids is 1. The van der Waals surface area contributed by atoms with Crippen molar-refractivity contribution in [3.63, 3.8) is 0 Å². The second kappa shape index (κ2) is 5.78. The summed E-state index contributed by atoms with van der Waals surface area (Å²) in [6.07, 6.45) is 0. The van der Waals surface area contributed by atoms with Crippen molar-refractivity contribution < 1.29 is 19.1 Å². The largest absolute Gasteiger partial charge is 0.476 e. The van der Waals surface area contributed by atoms with Crippen molar-refractivity contribution >= 4 is 11.9 Å². The molecule has 0 bridgehead atoms. The number of likely N-dealkylation sites (N-methyl/N-ethyl adjacent to an activating group) is 1. The van der Waals surface area contributed by atoms with Gasteiger partial charge in [0.25, 0.3) is 0 Å². The smallest absolute Gasteiger partial charge is 0.358 e. The van der Waals surface area contributed by atoms with Crippen molar-refractivity contribution in [1.29, 1.82) is 0 Å². The summed E-state index contributed by atoms with van der Waals surface area (Å²) in [6, 6.07) is 3.64. The van der Waals surface area contributed by atoms with Gasteiger partial charge in [0, 0.05) is 7.05 Å². The van der Waals surface area contributed by atoms with Crippen LogP contribution in [0.1, 0.15) is 27.7 Å². The van der Waals surface area contributed by atoms with Gasteiger partial charge >= 0.3 is 5.97 Å². The first-order chi connectivity index (χ1) is 9.88. The van der Waals surface area contributed by atoms with Gasteiger partial charge in [-0.15, -0.1) is 5.10 Å². The maximum Gasteiger partial charge on any atom is 0.358 e. The molecule has 0 aromatic carbocycles. The molecule has 0 saturated carbocycles. The number of carbonyl (C=O) groups excluding carboxylic acids is 1. The van der Waals surface area contributed by atoms with Crippen LogP contribution in [-0.2, 0) is 17.9 Å². The number of carbonyl (C=O) groups is 2. The molecule has 0 radical (unpaired) electrons. The summed E-state index contributed by atoms with van der Waals surface area (Å²) in [7, 11) is 1.64. The first kappa shape index (κ1) is 14.8. The monoisotopic (exact) mass is 292 g/mol. The maximum atomic E-state index is 12.1. The molecule has 0 saturated heterocycles. The number of nitrogens with zero attached hydrogens (tertiary/aromatic N) is 4. The number of carboxylic acid groups (broad SMARTS) is 1. The van der Waals surface area contributed by atoms with Crippen LogP contribution in [0.15, 0.2) is 16.5 Å². The lowest BCUT2D eigenvalue weighted by molar-refractivity contribution is -0.131. The van der Waals surface area contributed by atoms with E-state index in [2.05, 4.69) is 10.3 Å². The van der Waals surface area contributed by atoms with E-state index < -0.39 is 5.97 Å². The molecule has 1 N–H and O–H groups in total. The topological polar surface area (TPSA) is 101 Å². The third-order valence-electron chi connectivity index (χ3n) is 3.08. The van der Waals surface area contributed by atoms with E-state index >= 15 is 0 Å². The molecule has 0 aliphatic carbocycles. The predicted octanol–water partition coefficient (Wildman–Crippen LogP) is 0.845. The minimum absolute atomic E-state index is 0.0672. The highest BCUT2D eigenvalue weighted by Gasteiger charge is 2.18. The molecule has 2 aromatic rings. The van der Waals surface area contributed by atoms with Gasteiger partial charge in [0.05, 0.1) is 12.2 Å². The van der Waals surface area contributed by atoms with Gasteiger partial charge in [-0.2, -0.15) is 0 Å². The number of carboxylic acids is 1. The van der Waals surface area contributed by atoms with Gasteiger partial charge < -0.3 is 14.4 Å². The number of amides is 1. The molecule has 0 atom stereocenters. The molecule has 0 aliphatic rings. The molecule has 8 nitrogen and oxygen atoms in total. The molecule has 2 rings (SSSR count). The Balaban J connectivity index is 2.02. The lowest BCUT2D eigenvalue weighted by atomic mass is 10.3. The lowest BCUT2D eigenvalue weighted by Gasteiger charge is -2.15. The fourth-order valence-electron chi connectivity index (χ4n) is 1.85. The van der Waals surface area contributed by atoms with E-state index in [1.807, 2.05) is 19.1 Å². The summed E-state index contributed by atoms with van der Waals surface area (Å²) >= 11 is 0. The zero-order valence-electron chi connectivity index (χ0n) is 12.0. The quantitative estimate of drug-likeness (QED) is 0.876. The Morgan fingerprint density at radius 3 is 2.62 bits per heavy atom. The molecule has 2 heterocycles. The van der Waals surface area contributed by atoms with Crippen LogP contribution in [0, 0.1) is 13.8 Å². The van der Waals surface area contributed by atoms with Gasteiger partial charge in [0.1, 0.15) is 18.1 Å². The average molecular weight is 292 g/mol. The number of aryl methyl sites for hydroxylation is 1. The lowest BCUT2D eigenvalue weighted by Crippen LogP contribution is -2.30. The van der Waals surface area contributed by atoms with Gasteiger partial charge in [-0.1, -0.05) is 5.21 Å². The van der Waals surface area contributed by atoms with Crippen molar-refractivity contribution in [3.8, 4) is 0 Å². The van der Waals surface area contributed by atoms with E-state index in [1.165, 1.54) is 9.58 Å². The van der Waals surface area contributed by atoms with Gasteiger partial charge in [-0.25, -0.2) is 9.48 Å². The highest BCUT2D eigenvalue weighted by atomic mass is 16.4. The van der Waals surface area contributed by atoms with Crippen molar-refractivity contribution in [2.24, 2.45) is 0 Å². The second-order valence-electron chi connectivity index (χ2n) is 4.75. The summed E-state index contributed by atoms with van der Waals surface area (Å²) < 4.78 is 6.68. The van der Waals surface area contributed by atoms with Crippen LogP contribution in [0.4, 0.5) is 0 Å². The van der Waals surface area contributed by atoms with E-state index in [0.29, 0.717) is 18.0 Å². The molecule has 1 amide bonds. The summed E-state index contributed by atoms with van der Waals surface area (Å²) in [4.78, 5) is 24.5. The van der Waals surface area contributed by atoms with Crippen LogP contribution in [-0.4, -0.2) is 43.9 Å². The average Bonchev–Trinajstić information content (AvgIpc) is 2.97. The number of aromatic nitrogens is 3. The molecular formula is C13H16N4O4.